The molecule has 3 saturated heterocycles. The van der Waals surface area contributed by atoms with Gasteiger partial charge in [-0.15, -0.1) is 0 Å². The van der Waals surface area contributed by atoms with Gasteiger partial charge in [-0.3, -0.25) is 4.79 Å². The van der Waals surface area contributed by atoms with Crippen molar-refractivity contribution in [3.63, 3.8) is 0 Å². The summed E-state index contributed by atoms with van der Waals surface area (Å²) in [5, 5.41) is 0. The summed E-state index contributed by atoms with van der Waals surface area (Å²) in [5.41, 5.74) is 0.320. The first-order chi connectivity index (χ1) is 16.0. The van der Waals surface area contributed by atoms with E-state index < -0.39 is 29.3 Å². The van der Waals surface area contributed by atoms with E-state index in [9.17, 15) is 18.4 Å². The first-order valence-corrected chi connectivity index (χ1v) is 11.8. The van der Waals surface area contributed by atoms with Crippen LogP contribution in [0.2, 0.25) is 0 Å². The summed E-state index contributed by atoms with van der Waals surface area (Å²) < 4.78 is 39.9. The molecule has 5 nitrogen and oxygen atoms in total. The van der Waals surface area contributed by atoms with Crippen molar-refractivity contribution >= 4 is 11.9 Å². The van der Waals surface area contributed by atoms with Gasteiger partial charge in [0.25, 0.3) is 0 Å². The number of halogens is 2. The number of benzene rings is 2. The number of fused-ring (bicyclic) bond motifs is 3. The lowest BCUT2D eigenvalue weighted by atomic mass is 9.77. The van der Waals surface area contributed by atoms with Crippen LogP contribution in [0.1, 0.15) is 50.8 Å². The zero-order valence-corrected chi connectivity index (χ0v) is 19.9. The maximum absolute atomic E-state index is 14.0. The Labute approximate surface area is 199 Å². The van der Waals surface area contributed by atoms with Crippen molar-refractivity contribution in [2.75, 3.05) is 26.2 Å². The van der Waals surface area contributed by atoms with E-state index in [0.717, 1.165) is 25.9 Å². The Morgan fingerprint density at radius 3 is 2.06 bits per heavy atom. The van der Waals surface area contributed by atoms with Gasteiger partial charge >= 0.3 is 11.9 Å². The number of ether oxygens (including phenoxy) is 2. The molecule has 3 heterocycles. The van der Waals surface area contributed by atoms with Crippen LogP contribution in [0.25, 0.3) is 0 Å². The summed E-state index contributed by atoms with van der Waals surface area (Å²) >= 11 is 0. The SMILES string of the molecule is CC(C)(C)OC(=O)C[N+]12CCC(CC1)C(C(=O)OC(c1cccc(F)c1)c1cccc(F)c1)C2. The normalized spacial score (nSPS) is 24.2. The Kier molecular flexibility index (Phi) is 6.76. The zero-order chi connectivity index (χ0) is 24.5. The molecule has 2 aromatic rings. The third-order valence-electron chi connectivity index (χ3n) is 6.83. The van der Waals surface area contributed by atoms with Gasteiger partial charge < -0.3 is 14.0 Å². The van der Waals surface area contributed by atoms with Gasteiger partial charge in [-0.2, -0.15) is 0 Å². The first kappa shape index (κ1) is 24.3. The number of hydrogen-bond donors (Lipinski definition) is 0. The lowest BCUT2D eigenvalue weighted by molar-refractivity contribution is -0.939. The second-order valence-electron chi connectivity index (χ2n) is 10.6. The molecule has 3 aliphatic rings. The number of esters is 2. The van der Waals surface area contributed by atoms with Gasteiger partial charge in [-0.05, 0) is 62.1 Å². The quantitative estimate of drug-likeness (QED) is 0.448. The Morgan fingerprint density at radius 1 is 1.00 bits per heavy atom. The highest BCUT2D eigenvalue weighted by atomic mass is 19.1. The smallest absolute Gasteiger partial charge is 0.362 e. The van der Waals surface area contributed by atoms with Crippen LogP contribution in [-0.2, 0) is 19.1 Å². The van der Waals surface area contributed by atoms with E-state index in [2.05, 4.69) is 0 Å². The topological polar surface area (TPSA) is 52.6 Å². The third-order valence-corrected chi connectivity index (χ3v) is 6.83. The Hall–Kier alpha value is -2.80. The van der Waals surface area contributed by atoms with E-state index in [1.165, 1.54) is 24.3 Å². The summed E-state index contributed by atoms with van der Waals surface area (Å²) in [4.78, 5) is 26.0. The fraction of sp³-hybridized carbons (Fsp3) is 0.481. The van der Waals surface area contributed by atoms with Crippen molar-refractivity contribution < 1.29 is 32.3 Å². The van der Waals surface area contributed by atoms with Gasteiger partial charge in [0.2, 0.25) is 0 Å². The average Bonchev–Trinajstić information content (AvgIpc) is 2.76. The van der Waals surface area contributed by atoms with Crippen molar-refractivity contribution in [3.05, 3.63) is 71.3 Å². The van der Waals surface area contributed by atoms with Crippen molar-refractivity contribution in [3.8, 4) is 0 Å². The fourth-order valence-electron chi connectivity index (χ4n) is 5.30. The number of piperidine rings is 3. The van der Waals surface area contributed by atoms with Gasteiger partial charge in [0.1, 0.15) is 23.2 Å². The highest BCUT2D eigenvalue weighted by molar-refractivity contribution is 5.74. The summed E-state index contributed by atoms with van der Waals surface area (Å²) in [6.07, 6.45) is 0.731. The van der Waals surface area contributed by atoms with Crippen LogP contribution in [0.5, 0.6) is 0 Å². The molecule has 2 bridgehead atoms. The van der Waals surface area contributed by atoms with Gasteiger partial charge in [-0.25, -0.2) is 13.6 Å². The molecular formula is C27H32F2NO4+. The van der Waals surface area contributed by atoms with Gasteiger partial charge in [0.15, 0.2) is 12.6 Å². The molecule has 0 spiro atoms. The molecule has 1 atom stereocenters. The molecule has 1 unspecified atom stereocenters. The van der Waals surface area contributed by atoms with Gasteiger partial charge in [0, 0.05) is 12.8 Å². The molecule has 0 amide bonds. The van der Waals surface area contributed by atoms with E-state index in [1.54, 1.807) is 24.3 Å². The number of quaternary nitrogens is 1. The average molecular weight is 473 g/mol. The minimum absolute atomic E-state index is 0.173. The third kappa shape index (κ3) is 5.63. The minimum atomic E-state index is -0.923. The van der Waals surface area contributed by atoms with Crippen LogP contribution >= 0.6 is 0 Å². The van der Waals surface area contributed by atoms with Crippen LogP contribution in [-0.4, -0.2) is 48.2 Å². The summed E-state index contributed by atoms with van der Waals surface area (Å²) in [7, 11) is 0. The number of hydrogen-bond acceptors (Lipinski definition) is 4. The molecule has 7 heteroatoms. The standard InChI is InChI=1S/C27H32F2NO4/c1-27(2,3)34-24(31)17-30-12-10-18(11-13-30)23(16-30)26(32)33-25(19-6-4-8-21(28)14-19)20-7-5-9-22(29)15-20/h4-9,14-15,18,23,25H,10-13,16-17H2,1-3H3/q+1. The molecule has 0 aromatic heterocycles. The molecule has 3 aliphatic heterocycles. The summed E-state index contributed by atoms with van der Waals surface area (Å²) in [5.74, 6) is -1.78. The molecule has 5 rings (SSSR count). The van der Waals surface area contributed by atoms with Crippen LogP contribution < -0.4 is 0 Å². The monoisotopic (exact) mass is 472 g/mol. The Bertz CT molecular complexity index is 1010. The van der Waals surface area contributed by atoms with Crippen LogP contribution in [0.15, 0.2) is 48.5 Å². The van der Waals surface area contributed by atoms with Crippen LogP contribution in [0.4, 0.5) is 8.78 Å². The maximum atomic E-state index is 14.0. The van der Waals surface area contributed by atoms with E-state index in [0.29, 0.717) is 22.2 Å². The summed E-state index contributed by atoms with van der Waals surface area (Å²) in [6.45, 7) is 7.90. The summed E-state index contributed by atoms with van der Waals surface area (Å²) in [6, 6.07) is 11.6. The lowest BCUT2D eigenvalue weighted by Gasteiger charge is -2.51. The number of carbonyl (C=O) groups is 2. The molecule has 2 aromatic carbocycles. The molecule has 0 saturated carbocycles. The second kappa shape index (κ2) is 9.45. The minimum Gasteiger partial charge on any atom is -0.456 e. The highest BCUT2D eigenvalue weighted by Crippen LogP contribution is 2.40. The van der Waals surface area contributed by atoms with Crippen LogP contribution in [0.3, 0.4) is 0 Å². The van der Waals surface area contributed by atoms with Crippen molar-refractivity contribution in [2.45, 2.75) is 45.3 Å². The lowest BCUT2D eigenvalue weighted by Crippen LogP contribution is -2.65. The molecule has 3 fully saturated rings. The van der Waals surface area contributed by atoms with Gasteiger partial charge in [-0.1, -0.05) is 24.3 Å². The van der Waals surface area contributed by atoms with E-state index in [4.69, 9.17) is 9.47 Å². The predicted molar refractivity (Wildman–Crippen MR) is 123 cm³/mol. The van der Waals surface area contributed by atoms with Crippen molar-refractivity contribution in [1.82, 2.24) is 0 Å². The number of nitrogens with zero attached hydrogens (tertiary/aromatic N) is 1. The highest BCUT2D eigenvalue weighted by Gasteiger charge is 2.51. The Balaban J connectivity index is 1.54. The number of carbonyl (C=O) groups excluding carboxylic acids is 2. The molecule has 0 aliphatic carbocycles. The van der Waals surface area contributed by atoms with Crippen molar-refractivity contribution in [1.29, 1.82) is 0 Å². The Morgan fingerprint density at radius 2 is 1.56 bits per heavy atom. The van der Waals surface area contributed by atoms with Gasteiger partial charge in [0.05, 0.1) is 19.6 Å². The molecule has 34 heavy (non-hydrogen) atoms. The predicted octanol–water partition coefficient (Wildman–Crippen LogP) is 4.80. The first-order valence-electron chi connectivity index (χ1n) is 11.8. The maximum Gasteiger partial charge on any atom is 0.362 e. The largest absolute Gasteiger partial charge is 0.456 e. The van der Waals surface area contributed by atoms with Crippen molar-refractivity contribution in [2.24, 2.45) is 11.8 Å². The molecule has 0 radical (unpaired) electrons. The molecular weight excluding hydrogens is 440 g/mol. The van der Waals surface area contributed by atoms with E-state index in [1.807, 2.05) is 20.8 Å². The molecule has 0 N–H and O–H groups in total. The fourth-order valence-corrected chi connectivity index (χ4v) is 5.30. The van der Waals surface area contributed by atoms with E-state index in [-0.39, 0.29) is 24.3 Å². The van der Waals surface area contributed by atoms with E-state index >= 15 is 0 Å². The zero-order valence-electron chi connectivity index (χ0n) is 19.9. The second-order valence-corrected chi connectivity index (χ2v) is 10.6. The molecule has 182 valence electrons. The number of rotatable bonds is 6. The van der Waals surface area contributed by atoms with Crippen LogP contribution in [0, 0.1) is 23.5 Å².